The number of aromatic nitrogens is 3. The fourth-order valence-electron chi connectivity index (χ4n) is 2.34. The molecular weight excluding hydrogens is 296 g/mol. The Kier molecular flexibility index (Phi) is 5.37. The second-order valence-corrected chi connectivity index (χ2v) is 6.33. The molecule has 0 amide bonds. The summed E-state index contributed by atoms with van der Waals surface area (Å²) in [4.78, 5) is 15.7. The van der Waals surface area contributed by atoms with Gasteiger partial charge in [-0.2, -0.15) is 0 Å². The number of pyridine rings is 1. The van der Waals surface area contributed by atoms with Crippen LogP contribution in [-0.4, -0.2) is 58.5 Å². The van der Waals surface area contributed by atoms with E-state index >= 15 is 0 Å². The zero-order valence-corrected chi connectivity index (χ0v) is 13.6. The van der Waals surface area contributed by atoms with Crippen LogP contribution in [0.4, 0.5) is 0 Å². The molecule has 0 radical (unpaired) electrons. The van der Waals surface area contributed by atoms with Crippen molar-refractivity contribution in [2.45, 2.75) is 11.9 Å². The van der Waals surface area contributed by atoms with Gasteiger partial charge in [-0.1, -0.05) is 0 Å². The number of nitrogens with zero attached hydrogens (tertiary/aromatic N) is 4. The Bertz CT molecular complexity index is 602. The first-order valence-corrected chi connectivity index (χ1v) is 8.49. The van der Waals surface area contributed by atoms with Gasteiger partial charge >= 0.3 is 0 Å². The monoisotopic (exact) mass is 316 g/mol. The van der Waals surface area contributed by atoms with Gasteiger partial charge < -0.3 is 4.74 Å². The van der Waals surface area contributed by atoms with Gasteiger partial charge in [0.15, 0.2) is 5.82 Å². The second-order valence-electron chi connectivity index (χ2n) is 5.22. The summed E-state index contributed by atoms with van der Waals surface area (Å²) < 4.78 is 5.37. The van der Waals surface area contributed by atoms with Crippen LogP contribution in [0.2, 0.25) is 0 Å². The quantitative estimate of drug-likeness (QED) is 0.623. The van der Waals surface area contributed by atoms with E-state index < -0.39 is 0 Å². The Hall–Kier alpha value is -1.50. The third-order valence-corrected chi connectivity index (χ3v) is 4.40. The van der Waals surface area contributed by atoms with E-state index in [1.807, 2.05) is 25.1 Å². The molecule has 1 saturated heterocycles. The van der Waals surface area contributed by atoms with Crippen LogP contribution in [0.1, 0.15) is 5.69 Å². The van der Waals surface area contributed by atoms with Crippen LogP contribution in [0.5, 0.6) is 0 Å². The van der Waals surface area contributed by atoms with Crippen LogP contribution in [0.15, 0.2) is 35.6 Å². The first-order valence-electron chi connectivity index (χ1n) is 7.50. The molecule has 1 aliphatic rings. The molecule has 2 aromatic heterocycles. The predicted octanol–water partition coefficient (Wildman–Crippen LogP) is 2.27. The minimum absolute atomic E-state index is 0.752. The minimum Gasteiger partial charge on any atom is -0.379 e. The van der Waals surface area contributed by atoms with E-state index in [0.717, 1.165) is 60.7 Å². The Morgan fingerprint density at radius 1 is 1.27 bits per heavy atom. The van der Waals surface area contributed by atoms with E-state index in [1.54, 1.807) is 24.2 Å². The predicted molar refractivity (Wildman–Crippen MR) is 88.0 cm³/mol. The first kappa shape index (κ1) is 15.4. The number of hydrogen-bond acceptors (Lipinski definition) is 6. The summed E-state index contributed by atoms with van der Waals surface area (Å²) in [5.74, 6) is 1.78. The van der Waals surface area contributed by atoms with Gasteiger partial charge in [-0.25, -0.2) is 9.97 Å². The van der Waals surface area contributed by atoms with Gasteiger partial charge in [-0.15, -0.1) is 11.8 Å². The number of hydrogen-bond donors (Lipinski definition) is 0. The van der Waals surface area contributed by atoms with Crippen LogP contribution in [0.3, 0.4) is 0 Å². The molecule has 5 nitrogen and oxygen atoms in total. The fourth-order valence-corrected chi connectivity index (χ4v) is 3.31. The van der Waals surface area contributed by atoms with Crippen LogP contribution >= 0.6 is 11.8 Å². The lowest BCUT2D eigenvalue weighted by atomic mass is 10.2. The van der Waals surface area contributed by atoms with Gasteiger partial charge in [0.1, 0.15) is 5.03 Å². The van der Waals surface area contributed by atoms with Crippen molar-refractivity contribution in [3.63, 3.8) is 0 Å². The van der Waals surface area contributed by atoms with Crippen molar-refractivity contribution < 1.29 is 4.74 Å². The van der Waals surface area contributed by atoms with Crippen molar-refractivity contribution in [3.8, 4) is 11.4 Å². The molecule has 0 saturated carbocycles. The highest BCUT2D eigenvalue weighted by molar-refractivity contribution is 7.99. The van der Waals surface area contributed by atoms with E-state index in [4.69, 9.17) is 4.74 Å². The van der Waals surface area contributed by atoms with Gasteiger partial charge in [0, 0.05) is 49.0 Å². The molecule has 22 heavy (non-hydrogen) atoms. The average Bonchev–Trinajstić information content (AvgIpc) is 2.56. The molecule has 0 spiro atoms. The third-order valence-electron chi connectivity index (χ3n) is 3.51. The average molecular weight is 316 g/mol. The Morgan fingerprint density at radius 3 is 2.91 bits per heavy atom. The number of aryl methyl sites for hydroxylation is 1. The van der Waals surface area contributed by atoms with Gasteiger partial charge in [0.2, 0.25) is 0 Å². The maximum atomic E-state index is 5.37. The van der Waals surface area contributed by atoms with Gasteiger partial charge in [-0.05, 0) is 25.1 Å². The molecule has 0 unspecified atom stereocenters. The Labute approximate surface area is 135 Å². The third kappa shape index (κ3) is 4.25. The Morgan fingerprint density at radius 2 is 2.14 bits per heavy atom. The molecule has 3 rings (SSSR count). The molecule has 2 aromatic rings. The van der Waals surface area contributed by atoms with Crippen molar-refractivity contribution in [2.24, 2.45) is 0 Å². The summed E-state index contributed by atoms with van der Waals surface area (Å²) in [5, 5.41) is 1.03. The summed E-state index contributed by atoms with van der Waals surface area (Å²) >= 11 is 1.78. The second kappa shape index (κ2) is 7.67. The topological polar surface area (TPSA) is 51.1 Å². The molecule has 116 valence electrons. The maximum absolute atomic E-state index is 5.37. The standard InChI is InChI=1S/C16H20N4OS/c1-13-11-15(22-10-7-20-5-8-21-9-6-20)19-16(18-13)14-3-2-4-17-12-14/h2-4,11-12H,5-10H2,1H3. The van der Waals surface area contributed by atoms with E-state index in [2.05, 4.69) is 19.9 Å². The summed E-state index contributed by atoms with van der Waals surface area (Å²) in [5.41, 5.74) is 1.95. The largest absolute Gasteiger partial charge is 0.379 e. The highest BCUT2D eigenvalue weighted by Crippen LogP contribution is 2.21. The molecule has 0 bridgehead atoms. The van der Waals surface area contributed by atoms with Gasteiger partial charge in [0.25, 0.3) is 0 Å². The Balaban J connectivity index is 1.62. The molecule has 1 fully saturated rings. The smallest absolute Gasteiger partial charge is 0.162 e. The first-order chi connectivity index (χ1) is 10.8. The highest BCUT2D eigenvalue weighted by atomic mass is 32.2. The van der Waals surface area contributed by atoms with E-state index in [9.17, 15) is 0 Å². The molecule has 0 atom stereocenters. The summed E-state index contributed by atoms with van der Waals surface area (Å²) in [6, 6.07) is 5.94. The van der Waals surface area contributed by atoms with Crippen molar-refractivity contribution in [1.82, 2.24) is 19.9 Å². The van der Waals surface area contributed by atoms with E-state index in [0.29, 0.717) is 0 Å². The summed E-state index contributed by atoms with van der Waals surface area (Å²) in [6.07, 6.45) is 3.56. The van der Waals surface area contributed by atoms with E-state index in [-0.39, 0.29) is 0 Å². The van der Waals surface area contributed by atoms with Gasteiger partial charge in [0.05, 0.1) is 13.2 Å². The molecule has 0 N–H and O–H groups in total. The number of ether oxygens (including phenoxy) is 1. The molecule has 6 heteroatoms. The molecule has 3 heterocycles. The van der Waals surface area contributed by atoms with Crippen molar-refractivity contribution in [3.05, 3.63) is 36.3 Å². The van der Waals surface area contributed by atoms with Crippen LogP contribution in [0.25, 0.3) is 11.4 Å². The molecular formula is C16H20N4OS. The number of morpholine rings is 1. The van der Waals surface area contributed by atoms with Crippen LogP contribution in [0, 0.1) is 6.92 Å². The SMILES string of the molecule is Cc1cc(SCCN2CCOCC2)nc(-c2cccnc2)n1. The van der Waals surface area contributed by atoms with Crippen molar-refractivity contribution >= 4 is 11.8 Å². The maximum Gasteiger partial charge on any atom is 0.162 e. The molecule has 1 aliphatic heterocycles. The lowest BCUT2D eigenvalue weighted by Gasteiger charge is -2.26. The fraction of sp³-hybridized carbons (Fsp3) is 0.438. The minimum atomic E-state index is 0.752. The zero-order chi connectivity index (χ0) is 15.2. The number of rotatable bonds is 5. The van der Waals surface area contributed by atoms with Gasteiger partial charge in [-0.3, -0.25) is 9.88 Å². The zero-order valence-electron chi connectivity index (χ0n) is 12.7. The van der Waals surface area contributed by atoms with Crippen LogP contribution < -0.4 is 0 Å². The highest BCUT2D eigenvalue weighted by Gasteiger charge is 2.10. The number of thioether (sulfide) groups is 1. The normalized spacial score (nSPS) is 15.9. The van der Waals surface area contributed by atoms with Crippen molar-refractivity contribution in [1.29, 1.82) is 0 Å². The van der Waals surface area contributed by atoms with E-state index in [1.165, 1.54) is 0 Å². The lowest BCUT2D eigenvalue weighted by molar-refractivity contribution is 0.0410. The summed E-state index contributed by atoms with van der Waals surface area (Å²) in [6.45, 7) is 6.84. The molecule has 0 aromatic carbocycles. The summed E-state index contributed by atoms with van der Waals surface area (Å²) in [7, 11) is 0. The van der Waals surface area contributed by atoms with Crippen molar-refractivity contribution in [2.75, 3.05) is 38.6 Å². The molecule has 0 aliphatic carbocycles. The lowest BCUT2D eigenvalue weighted by Crippen LogP contribution is -2.37. The van der Waals surface area contributed by atoms with Crippen LogP contribution in [-0.2, 0) is 4.74 Å².